The maximum atomic E-state index is 6.74. The fourth-order valence-corrected chi connectivity index (χ4v) is 8.30. The number of benzene rings is 8. The average Bonchev–Trinajstić information content (AvgIpc) is 3.49. The summed E-state index contributed by atoms with van der Waals surface area (Å²) in [5.41, 5.74) is 14.8. The highest BCUT2D eigenvalue weighted by atomic mass is 16.5. The van der Waals surface area contributed by atoms with Gasteiger partial charge in [0, 0.05) is 28.2 Å². The maximum absolute atomic E-state index is 6.74. The second kappa shape index (κ2) is 11.8. The number of hydrogen-bond acceptors (Lipinski definition) is 2. The molecule has 0 saturated heterocycles. The van der Waals surface area contributed by atoms with Gasteiger partial charge >= 0.3 is 0 Å². The van der Waals surface area contributed by atoms with Crippen LogP contribution in [-0.2, 0) is 5.41 Å². The molecule has 51 heavy (non-hydrogen) atoms. The van der Waals surface area contributed by atoms with E-state index in [1.807, 2.05) is 0 Å². The lowest BCUT2D eigenvalue weighted by Gasteiger charge is -2.40. The van der Waals surface area contributed by atoms with E-state index in [0.717, 1.165) is 39.7 Å². The molecule has 10 rings (SSSR count). The van der Waals surface area contributed by atoms with Gasteiger partial charge in [0.15, 0.2) is 0 Å². The molecule has 2 aliphatic rings. The van der Waals surface area contributed by atoms with Crippen molar-refractivity contribution in [2.45, 2.75) is 5.41 Å². The predicted molar refractivity (Wildman–Crippen MR) is 209 cm³/mol. The van der Waals surface area contributed by atoms with Crippen molar-refractivity contribution in [2.24, 2.45) is 0 Å². The van der Waals surface area contributed by atoms with Gasteiger partial charge in [-0.2, -0.15) is 0 Å². The topological polar surface area (TPSA) is 12.5 Å². The molecule has 240 valence electrons. The number of ether oxygens (including phenoxy) is 1. The van der Waals surface area contributed by atoms with Crippen LogP contribution >= 0.6 is 0 Å². The molecule has 0 bridgehead atoms. The third-order valence-corrected chi connectivity index (χ3v) is 10.5. The molecule has 1 atom stereocenters. The van der Waals surface area contributed by atoms with E-state index >= 15 is 0 Å². The molecule has 0 aromatic heterocycles. The summed E-state index contributed by atoms with van der Waals surface area (Å²) in [6, 6.07) is 72.0. The molecule has 2 heteroatoms. The molecule has 2 nitrogen and oxygen atoms in total. The normalized spacial score (nSPS) is 14.9. The molecule has 1 spiro atoms. The second-order valence-corrected chi connectivity index (χ2v) is 13.3. The van der Waals surface area contributed by atoms with E-state index < -0.39 is 5.41 Å². The quantitative estimate of drug-likeness (QED) is 0.184. The van der Waals surface area contributed by atoms with Crippen LogP contribution in [0.5, 0.6) is 11.5 Å². The van der Waals surface area contributed by atoms with E-state index in [-0.39, 0.29) is 0 Å². The Morgan fingerprint density at radius 2 is 0.824 bits per heavy atom. The van der Waals surface area contributed by atoms with Crippen LogP contribution in [0, 0.1) is 0 Å². The van der Waals surface area contributed by atoms with Crippen LogP contribution in [0.3, 0.4) is 0 Å². The average molecular weight is 652 g/mol. The molecular weight excluding hydrogens is 619 g/mol. The molecule has 0 radical (unpaired) electrons. The first-order chi connectivity index (χ1) is 25.3. The Labute approximate surface area is 298 Å². The van der Waals surface area contributed by atoms with Crippen LogP contribution in [0.15, 0.2) is 200 Å². The Morgan fingerprint density at radius 1 is 0.314 bits per heavy atom. The lowest BCUT2D eigenvalue weighted by Crippen LogP contribution is -2.32. The van der Waals surface area contributed by atoms with Crippen LogP contribution in [-0.4, -0.2) is 0 Å². The van der Waals surface area contributed by atoms with Gasteiger partial charge in [-0.1, -0.05) is 146 Å². The molecule has 8 aromatic carbocycles. The van der Waals surface area contributed by atoms with Crippen LogP contribution in [0.1, 0.15) is 22.3 Å². The van der Waals surface area contributed by atoms with E-state index in [0.29, 0.717) is 0 Å². The van der Waals surface area contributed by atoms with E-state index in [9.17, 15) is 0 Å². The van der Waals surface area contributed by atoms with Gasteiger partial charge in [-0.3, -0.25) is 0 Å². The van der Waals surface area contributed by atoms with Gasteiger partial charge in [0.2, 0.25) is 0 Å². The lowest BCUT2D eigenvalue weighted by molar-refractivity contribution is 0.436. The van der Waals surface area contributed by atoms with Crippen LogP contribution in [0.4, 0.5) is 17.1 Å². The Balaban J connectivity index is 1.23. The summed E-state index contributed by atoms with van der Waals surface area (Å²) >= 11 is 0. The van der Waals surface area contributed by atoms with Crippen molar-refractivity contribution < 1.29 is 4.74 Å². The maximum Gasteiger partial charge on any atom is 0.132 e. The van der Waals surface area contributed by atoms with Crippen molar-refractivity contribution in [3.05, 3.63) is 222 Å². The zero-order chi connectivity index (χ0) is 33.8. The number of hydrogen-bond donors (Lipinski definition) is 0. The molecule has 1 heterocycles. The highest BCUT2D eigenvalue weighted by molar-refractivity contribution is 5.92. The summed E-state index contributed by atoms with van der Waals surface area (Å²) in [4.78, 5) is 2.37. The molecule has 0 amide bonds. The van der Waals surface area contributed by atoms with E-state index in [1.165, 1.54) is 44.5 Å². The number of rotatable bonds is 5. The third kappa shape index (κ3) is 4.57. The molecule has 0 fully saturated rings. The Bertz CT molecular complexity index is 2540. The highest BCUT2D eigenvalue weighted by Crippen LogP contribution is 2.63. The number of nitrogens with zero attached hydrogens (tertiary/aromatic N) is 1. The summed E-state index contributed by atoms with van der Waals surface area (Å²) < 4.78 is 6.74. The summed E-state index contributed by atoms with van der Waals surface area (Å²) in [7, 11) is 0. The van der Waals surface area contributed by atoms with Gasteiger partial charge in [0.25, 0.3) is 0 Å². The molecule has 1 aliphatic carbocycles. The summed E-state index contributed by atoms with van der Waals surface area (Å²) in [6.07, 6.45) is 0. The van der Waals surface area contributed by atoms with Crippen molar-refractivity contribution in [1.82, 2.24) is 0 Å². The third-order valence-electron chi connectivity index (χ3n) is 10.5. The lowest BCUT2D eigenvalue weighted by atomic mass is 9.65. The zero-order valence-corrected chi connectivity index (χ0v) is 27.9. The van der Waals surface area contributed by atoms with Crippen molar-refractivity contribution in [2.75, 3.05) is 4.90 Å². The van der Waals surface area contributed by atoms with Crippen LogP contribution in [0.25, 0.3) is 33.4 Å². The molecule has 1 aliphatic heterocycles. The minimum absolute atomic E-state index is 0.587. The standard InChI is InChI=1S/C49H33NO/c1-4-14-34(15-5-1)36-24-27-39(28-25-36)50(38-18-8-3-9-19-38)40-29-30-42-41-20-10-11-21-43(41)49(45(42)33-40)44-22-12-13-23-47(44)51-48-31-26-37(32-46(48)49)35-16-6-2-7-17-35/h1-33H. The smallest absolute Gasteiger partial charge is 0.132 e. The Kier molecular flexibility index (Phi) is 6.75. The minimum Gasteiger partial charge on any atom is -0.457 e. The van der Waals surface area contributed by atoms with Gasteiger partial charge in [-0.15, -0.1) is 0 Å². The Hall–Kier alpha value is -6.64. The van der Waals surface area contributed by atoms with Crippen LogP contribution in [0.2, 0.25) is 0 Å². The highest BCUT2D eigenvalue weighted by Gasteiger charge is 2.51. The fourth-order valence-electron chi connectivity index (χ4n) is 8.30. The number of fused-ring (bicyclic) bond motifs is 9. The van der Waals surface area contributed by atoms with Crippen molar-refractivity contribution in [1.29, 1.82) is 0 Å². The minimum atomic E-state index is -0.587. The second-order valence-electron chi connectivity index (χ2n) is 13.3. The summed E-state index contributed by atoms with van der Waals surface area (Å²) in [5, 5.41) is 0. The van der Waals surface area contributed by atoms with Gasteiger partial charge in [-0.25, -0.2) is 0 Å². The predicted octanol–water partition coefficient (Wildman–Crippen LogP) is 13.0. The Morgan fingerprint density at radius 3 is 1.57 bits per heavy atom. The molecule has 8 aromatic rings. The molecule has 1 unspecified atom stereocenters. The van der Waals surface area contributed by atoms with E-state index in [4.69, 9.17) is 4.74 Å². The van der Waals surface area contributed by atoms with Gasteiger partial charge < -0.3 is 9.64 Å². The van der Waals surface area contributed by atoms with Crippen LogP contribution < -0.4 is 9.64 Å². The largest absolute Gasteiger partial charge is 0.457 e. The van der Waals surface area contributed by atoms with E-state index in [1.54, 1.807) is 0 Å². The molecular formula is C49H33NO. The monoisotopic (exact) mass is 651 g/mol. The van der Waals surface area contributed by atoms with Gasteiger partial charge in [-0.05, 0) is 99.1 Å². The fraction of sp³-hybridized carbons (Fsp3) is 0.0204. The van der Waals surface area contributed by atoms with Crippen molar-refractivity contribution >= 4 is 17.1 Å². The van der Waals surface area contributed by atoms with Crippen molar-refractivity contribution in [3.8, 4) is 44.9 Å². The number of para-hydroxylation sites is 2. The molecule has 0 saturated carbocycles. The first-order valence-corrected chi connectivity index (χ1v) is 17.5. The first kappa shape index (κ1) is 29.3. The van der Waals surface area contributed by atoms with Gasteiger partial charge in [0.1, 0.15) is 11.5 Å². The summed E-state index contributed by atoms with van der Waals surface area (Å²) in [6.45, 7) is 0. The zero-order valence-electron chi connectivity index (χ0n) is 27.9. The van der Waals surface area contributed by atoms with E-state index in [2.05, 4.69) is 205 Å². The number of anilines is 3. The molecule has 0 N–H and O–H groups in total. The van der Waals surface area contributed by atoms with Crippen molar-refractivity contribution in [3.63, 3.8) is 0 Å². The van der Waals surface area contributed by atoms with Gasteiger partial charge in [0.05, 0.1) is 5.41 Å². The first-order valence-electron chi connectivity index (χ1n) is 17.5. The summed E-state index contributed by atoms with van der Waals surface area (Å²) in [5.74, 6) is 1.78. The SMILES string of the molecule is c1ccc(-c2ccc(N(c3ccccc3)c3ccc4c(c3)C3(c5ccccc5Oc5ccc(-c6ccccc6)cc53)c3ccccc3-4)cc2)cc1.